The van der Waals surface area contributed by atoms with E-state index in [4.69, 9.17) is 15.0 Å². The van der Waals surface area contributed by atoms with Crippen LogP contribution in [0.15, 0.2) is 206 Å². The second kappa shape index (κ2) is 13.6. The fourth-order valence-electron chi connectivity index (χ4n) is 8.44. The molecule has 0 spiro atoms. The average Bonchev–Trinajstić information content (AvgIpc) is 3.63. The van der Waals surface area contributed by atoms with E-state index in [-0.39, 0.29) is 0 Å². The van der Waals surface area contributed by atoms with E-state index in [1.165, 1.54) is 27.1 Å². The minimum Gasteiger partial charge on any atom is -0.309 e. The predicted molar refractivity (Wildman–Crippen MR) is 236 cm³/mol. The lowest BCUT2D eigenvalue weighted by atomic mass is 9.90. The van der Waals surface area contributed by atoms with Crippen molar-refractivity contribution in [2.24, 2.45) is 0 Å². The van der Waals surface area contributed by atoms with Gasteiger partial charge in [-0.25, -0.2) is 15.0 Å². The van der Waals surface area contributed by atoms with Crippen LogP contribution in [0.25, 0.3) is 105 Å². The molecule has 2 heterocycles. The first kappa shape index (κ1) is 32.7. The monoisotopic (exact) mass is 726 g/mol. The molecule has 0 fully saturated rings. The summed E-state index contributed by atoms with van der Waals surface area (Å²) in [5.41, 5.74) is 10.7. The van der Waals surface area contributed by atoms with Crippen molar-refractivity contribution in [2.75, 3.05) is 0 Å². The normalized spacial score (nSPS) is 11.5. The Morgan fingerprint density at radius 2 is 0.789 bits per heavy atom. The number of aromatic nitrogens is 4. The van der Waals surface area contributed by atoms with Crippen LogP contribution in [0.3, 0.4) is 0 Å². The Bertz CT molecular complexity index is 3230. The summed E-state index contributed by atoms with van der Waals surface area (Å²) in [5, 5.41) is 7.00. The molecule has 2 aromatic heterocycles. The highest BCUT2D eigenvalue weighted by Crippen LogP contribution is 2.45. The molecule has 4 nitrogen and oxygen atoms in total. The van der Waals surface area contributed by atoms with Gasteiger partial charge >= 0.3 is 0 Å². The highest BCUT2D eigenvalue weighted by atomic mass is 15.0. The van der Waals surface area contributed by atoms with Gasteiger partial charge in [-0.15, -0.1) is 0 Å². The van der Waals surface area contributed by atoms with Gasteiger partial charge in [-0.1, -0.05) is 182 Å². The number of hydrogen-bond acceptors (Lipinski definition) is 3. The predicted octanol–water partition coefficient (Wildman–Crippen LogP) is 13.6. The highest BCUT2D eigenvalue weighted by Gasteiger charge is 2.23. The van der Waals surface area contributed by atoms with Crippen molar-refractivity contribution in [3.8, 4) is 62.1 Å². The fraction of sp³-hybridized carbons (Fsp3) is 0. The Balaban J connectivity index is 1.25. The third kappa shape index (κ3) is 5.58. The van der Waals surface area contributed by atoms with E-state index in [0.29, 0.717) is 17.5 Å². The summed E-state index contributed by atoms with van der Waals surface area (Å²) in [5.74, 6) is 1.87. The van der Waals surface area contributed by atoms with E-state index in [1.807, 2.05) is 24.3 Å². The van der Waals surface area contributed by atoms with Crippen molar-refractivity contribution in [1.82, 2.24) is 19.5 Å². The number of nitrogens with zero attached hydrogens (tertiary/aromatic N) is 4. The van der Waals surface area contributed by atoms with E-state index in [9.17, 15) is 0 Å². The van der Waals surface area contributed by atoms with Crippen molar-refractivity contribution < 1.29 is 0 Å². The molecule has 11 aromatic rings. The third-order valence-electron chi connectivity index (χ3n) is 11.0. The largest absolute Gasteiger partial charge is 0.309 e. The lowest BCUT2D eigenvalue weighted by Crippen LogP contribution is -2.04. The number of rotatable bonds is 6. The van der Waals surface area contributed by atoms with E-state index in [0.717, 1.165) is 60.9 Å². The molecule has 0 aliphatic rings. The molecule has 9 aromatic carbocycles. The number of fused-ring (bicyclic) bond motifs is 5. The number of hydrogen-bond donors (Lipinski definition) is 0. The second-order valence-electron chi connectivity index (χ2n) is 14.4. The zero-order chi connectivity index (χ0) is 37.7. The molecular weight excluding hydrogens is 693 g/mol. The first-order valence-electron chi connectivity index (χ1n) is 19.3. The van der Waals surface area contributed by atoms with Crippen molar-refractivity contribution in [3.05, 3.63) is 206 Å². The van der Waals surface area contributed by atoms with Gasteiger partial charge in [-0.3, -0.25) is 0 Å². The van der Waals surface area contributed by atoms with Gasteiger partial charge in [0.25, 0.3) is 0 Å². The molecule has 11 rings (SSSR count). The Kier molecular flexibility index (Phi) is 7.78. The smallest absolute Gasteiger partial charge is 0.164 e. The molecule has 57 heavy (non-hydrogen) atoms. The number of para-hydroxylation sites is 2. The van der Waals surface area contributed by atoms with Crippen LogP contribution in [0, 0.1) is 0 Å². The lowest BCUT2D eigenvalue weighted by Gasteiger charge is -2.21. The van der Waals surface area contributed by atoms with Crippen LogP contribution in [0.4, 0.5) is 0 Å². The van der Waals surface area contributed by atoms with Gasteiger partial charge in [-0.2, -0.15) is 0 Å². The summed E-state index contributed by atoms with van der Waals surface area (Å²) in [4.78, 5) is 15.8. The summed E-state index contributed by atoms with van der Waals surface area (Å²) in [6, 6.07) is 72.9. The molecule has 0 atom stereocenters. The SMILES string of the molecule is c1ccc(-c2cccc(-c3nc(-c4ccccc4)nc(-c4cc(-n5c6ccccc6c6ccccc65)c(-c5cccc6ccccc56)c5ccccc45)n3)c2)cc1. The maximum atomic E-state index is 5.35. The van der Waals surface area contributed by atoms with E-state index in [1.54, 1.807) is 0 Å². The molecule has 0 amide bonds. The summed E-state index contributed by atoms with van der Waals surface area (Å²) < 4.78 is 2.43. The molecular formula is C53H34N4. The summed E-state index contributed by atoms with van der Waals surface area (Å²) in [6.45, 7) is 0. The summed E-state index contributed by atoms with van der Waals surface area (Å²) in [7, 11) is 0. The van der Waals surface area contributed by atoms with Crippen molar-refractivity contribution in [2.45, 2.75) is 0 Å². The first-order valence-corrected chi connectivity index (χ1v) is 19.3. The molecule has 266 valence electrons. The van der Waals surface area contributed by atoms with Crippen LogP contribution in [-0.4, -0.2) is 19.5 Å². The first-order chi connectivity index (χ1) is 28.3. The van der Waals surface area contributed by atoms with Gasteiger partial charge < -0.3 is 4.57 Å². The lowest BCUT2D eigenvalue weighted by molar-refractivity contribution is 1.07. The van der Waals surface area contributed by atoms with Crippen LogP contribution >= 0.6 is 0 Å². The molecule has 0 saturated carbocycles. The van der Waals surface area contributed by atoms with Gasteiger partial charge in [0, 0.05) is 33.0 Å². The highest BCUT2D eigenvalue weighted by molar-refractivity contribution is 6.15. The quantitative estimate of drug-likeness (QED) is 0.171. The van der Waals surface area contributed by atoms with Gasteiger partial charge in [0.05, 0.1) is 16.7 Å². The van der Waals surface area contributed by atoms with Crippen LogP contribution in [-0.2, 0) is 0 Å². The van der Waals surface area contributed by atoms with E-state index >= 15 is 0 Å². The standard InChI is InChI=1S/C53H34N4/c1-3-17-35(18-4-1)38-23-15-24-39(33-38)52-54-51(37-20-5-2-6-21-37)55-53(56-52)46-34-49(57-47-31-13-11-27-42(47)43-28-12-14-32-48(43)57)50(45-29-10-9-26-41(45)46)44-30-16-22-36-19-7-8-25-40(36)44/h1-34H. The van der Waals surface area contributed by atoms with Gasteiger partial charge in [0.1, 0.15) is 0 Å². The Labute approximate surface area is 330 Å². The molecule has 0 N–H and O–H groups in total. The third-order valence-corrected chi connectivity index (χ3v) is 11.0. The molecule has 0 saturated heterocycles. The molecule has 0 radical (unpaired) electrons. The van der Waals surface area contributed by atoms with Crippen LogP contribution in [0.5, 0.6) is 0 Å². The van der Waals surface area contributed by atoms with Crippen LogP contribution < -0.4 is 0 Å². The summed E-state index contributed by atoms with van der Waals surface area (Å²) in [6.07, 6.45) is 0. The minimum atomic E-state index is 0.617. The van der Waals surface area contributed by atoms with Crippen molar-refractivity contribution >= 4 is 43.4 Å². The van der Waals surface area contributed by atoms with Crippen molar-refractivity contribution in [1.29, 1.82) is 0 Å². The minimum absolute atomic E-state index is 0.617. The van der Waals surface area contributed by atoms with Crippen LogP contribution in [0.1, 0.15) is 0 Å². The topological polar surface area (TPSA) is 43.6 Å². The zero-order valence-electron chi connectivity index (χ0n) is 30.9. The molecule has 4 heteroatoms. The van der Waals surface area contributed by atoms with E-state index in [2.05, 4.69) is 187 Å². The van der Waals surface area contributed by atoms with Crippen LogP contribution in [0.2, 0.25) is 0 Å². The molecule has 0 bridgehead atoms. The zero-order valence-corrected chi connectivity index (χ0v) is 30.9. The van der Waals surface area contributed by atoms with Crippen molar-refractivity contribution in [3.63, 3.8) is 0 Å². The maximum Gasteiger partial charge on any atom is 0.164 e. The maximum absolute atomic E-state index is 5.35. The number of benzene rings is 9. The Morgan fingerprint density at radius 3 is 1.51 bits per heavy atom. The average molecular weight is 727 g/mol. The molecule has 0 aliphatic carbocycles. The Morgan fingerprint density at radius 1 is 0.298 bits per heavy atom. The van der Waals surface area contributed by atoms with E-state index < -0.39 is 0 Å². The fourth-order valence-corrected chi connectivity index (χ4v) is 8.44. The van der Waals surface area contributed by atoms with Gasteiger partial charge in [0.15, 0.2) is 17.5 Å². The second-order valence-corrected chi connectivity index (χ2v) is 14.4. The molecule has 0 unspecified atom stereocenters. The van der Waals surface area contributed by atoms with Gasteiger partial charge in [-0.05, 0) is 62.5 Å². The van der Waals surface area contributed by atoms with Gasteiger partial charge in [0.2, 0.25) is 0 Å². The molecule has 0 aliphatic heterocycles. The Hall–Kier alpha value is -7.69. The summed E-state index contributed by atoms with van der Waals surface area (Å²) >= 11 is 0.